The summed E-state index contributed by atoms with van der Waals surface area (Å²) in [4.78, 5) is 14.8. The van der Waals surface area contributed by atoms with Crippen molar-refractivity contribution < 1.29 is 27.4 Å². The Morgan fingerprint density at radius 2 is 1.80 bits per heavy atom. The average Bonchev–Trinajstić information content (AvgIpc) is 3.13. The summed E-state index contributed by atoms with van der Waals surface area (Å²) >= 11 is 0. The maximum absolute atomic E-state index is 11.6. The van der Waals surface area contributed by atoms with Crippen molar-refractivity contribution in [2.45, 2.75) is 23.8 Å². The molecular formula is C21H22N2O6S. The summed E-state index contributed by atoms with van der Waals surface area (Å²) in [6.07, 6.45) is 2.68. The molecule has 0 spiro atoms. The molecular weight excluding hydrogens is 408 g/mol. The Balaban J connectivity index is 1.67. The fourth-order valence-corrected chi connectivity index (χ4v) is 3.96. The molecule has 1 aliphatic rings. The summed E-state index contributed by atoms with van der Waals surface area (Å²) in [5.74, 6) is 0.952. The van der Waals surface area contributed by atoms with Crippen LogP contribution in [0.1, 0.15) is 23.3 Å². The van der Waals surface area contributed by atoms with Gasteiger partial charge in [-0.15, -0.1) is 0 Å². The number of carbonyl (C=O) groups is 1. The van der Waals surface area contributed by atoms with Gasteiger partial charge in [0, 0.05) is 30.6 Å². The van der Waals surface area contributed by atoms with E-state index >= 15 is 0 Å². The van der Waals surface area contributed by atoms with Crippen molar-refractivity contribution in [2.24, 2.45) is 5.73 Å². The van der Waals surface area contributed by atoms with Gasteiger partial charge in [-0.2, -0.15) is 0 Å². The summed E-state index contributed by atoms with van der Waals surface area (Å²) < 4.78 is 40.8. The van der Waals surface area contributed by atoms with E-state index in [-0.39, 0.29) is 16.7 Å². The van der Waals surface area contributed by atoms with Crippen molar-refractivity contribution in [1.82, 2.24) is 4.98 Å². The maximum Gasteiger partial charge on any atom is 0.265 e. The van der Waals surface area contributed by atoms with Crippen molar-refractivity contribution in [3.05, 3.63) is 48.2 Å². The molecule has 2 aromatic carbocycles. The van der Waals surface area contributed by atoms with Gasteiger partial charge < -0.3 is 24.9 Å². The third kappa shape index (κ3) is 4.42. The number of ether oxygens (including phenoxy) is 3. The maximum atomic E-state index is 11.6. The molecule has 3 N–H and O–H groups in total. The Bertz CT molecular complexity index is 1180. The van der Waals surface area contributed by atoms with E-state index in [1.54, 1.807) is 30.3 Å². The molecule has 30 heavy (non-hydrogen) atoms. The normalized spacial score (nSPS) is 15.2. The predicted octanol–water partition coefficient (Wildman–Crippen LogP) is 3.02. The minimum atomic E-state index is -3.28. The lowest BCUT2D eigenvalue weighted by molar-refractivity contribution is 0.0260. The SMILES string of the molecule is CS(=O)(=O)c1ccc(Oc2cc(OC3CCOCC3)c3[nH]c(C(N)=O)cc3c2)cc1. The van der Waals surface area contributed by atoms with Crippen LogP contribution < -0.4 is 15.2 Å². The van der Waals surface area contributed by atoms with Crippen LogP contribution in [0.2, 0.25) is 0 Å². The van der Waals surface area contributed by atoms with Gasteiger partial charge >= 0.3 is 0 Å². The standard InChI is InChI=1S/C21H22N2O6S/c1-30(25,26)17-4-2-14(3-5-17)28-16-10-13-11-18(21(22)24)23-20(13)19(12-16)29-15-6-8-27-9-7-15/h2-5,10-12,15,23H,6-9H2,1H3,(H2,22,24). The number of H-pyrrole nitrogens is 1. The van der Waals surface area contributed by atoms with Crippen molar-refractivity contribution in [3.8, 4) is 17.2 Å². The minimum Gasteiger partial charge on any atom is -0.488 e. The van der Waals surface area contributed by atoms with E-state index in [9.17, 15) is 13.2 Å². The first kappa shape index (κ1) is 20.2. The zero-order valence-corrected chi connectivity index (χ0v) is 17.2. The average molecular weight is 430 g/mol. The second kappa shape index (κ2) is 8.00. The molecule has 1 aromatic heterocycles. The molecule has 0 unspecified atom stereocenters. The third-order valence-corrected chi connectivity index (χ3v) is 6.01. The number of primary amides is 1. The quantitative estimate of drug-likeness (QED) is 0.620. The van der Waals surface area contributed by atoms with Crippen molar-refractivity contribution in [1.29, 1.82) is 0 Å². The molecule has 4 rings (SSSR count). The highest BCUT2D eigenvalue weighted by molar-refractivity contribution is 7.90. The lowest BCUT2D eigenvalue weighted by atomic mass is 10.1. The molecule has 0 aliphatic carbocycles. The molecule has 1 aliphatic heterocycles. The molecule has 2 heterocycles. The van der Waals surface area contributed by atoms with Crippen molar-refractivity contribution in [2.75, 3.05) is 19.5 Å². The fourth-order valence-electron chi connectivity index (χ4n) is 3.33. The van der Waals surface area contributed by atoms with Gasteiger partial charge in [0.15, 0.2) is 9.84 Å². The number of nitrogens with one attached hydrogen (secondary N) is 1. The van der Waals surface area contributed by atoms with Crippen LogP contribution in [0.3, 0.4) is 0 Å². The van der Waals surface area contributed by atoms with Gasteiger partial charge in [-0.05, 0) is 36.4 Å². The van der Waals surface area contributed by atoms with Gasteiger partial charge in [0.05, 0.1) is 23.6 Å². The topological polar surface area (TPSA) is 121 Å². The number of fused-ring (bicyclic) bond motifs is 1. The number of hydrogen-bond donors (Lipinski definition) is 2. The molecule has 1 saturated heterocycles. The fraction of sp³-hybridized carbons (Fsp3) is 0.286. The number of hydrogen-bond acceptors (Lipinski definition) is 6. The van der Waals surface area contributed by atoms with Crippen LogP contribution in [-0.4, -0.2) is 44.9 Å². The van der Waals surface area contributed by atoms with Crippen LogP contribution in [0, 0.1) is 0 Å². The van der Waals surface area contributed by atoms with E-state index in [1.807, 2.05) is 0 Å². The van der Waals surface area contributed by atoms with E-state index in [2.05, 4.69) is 4.98 Å². The highest BCUT2D eigenvalue weighted by Crippen LogP contribution is 2.35. The van der Waals surface area contributed by atoms with E-state index < -0.39 is 15.7 Å². The van der Waals surface area contributed by atoms with Crippen molar-refractivity contribution >= 4 is 26.6 Å². The van der Waals surface area contributed by atoms with E-state index in [1.165, 1.54) is 12.1 Å². The molecule has 1 fully saturated rings. The van der Waals surface area contributed by atoms with Gasteiger partial charge in [-0.1, -0.05) is 0 Å². The first-order valence-electron chi connectivity index (χ1n) is 9.48. The molecule has 8 nitrogen and oxygen atoms in total. The van der Waals surface area contributed by atoms with Crippen LogP contribution in [-0.2, 0) is 14.6 Å². The zero-order valence-electron chi connectivity index (χ0n) is 16.4. The second-order valence-electron chi connectivity index (χ2n) is 7.21. The first-order chi connectivity index (χ1) is 14.3. The molecule has 0 atom stereocenters. The number of aromatic nitrogens is 1. The molecule has 0 radical (unpaired) electrons. The predicted molar refractivity (Wildman–Crippen MR) is 111 cm³/mol. The summed E-state index contributed by atoms with van der Waals surface area (Å²) in [7, 11) is -3.28. The molecule has 0 saturated carbocycles. The summed E-state index contributed by atoms with van der Waals surface area (Å²) in [5.41, 5.74) is 6.35. The largest absolute Gasteiger partial charge is 0.488 e. The number of amides is 1. The van der Waals surface area contributed by atoms with Crippen molar-refractivity contribution in [3.63, 3.8) is 0 Å². The third-order valence-electron chi connectivity index (χ3n) is 4.88. The highest BCUT2D eigenvalue weighted by Gasteiger charge is 2.19. The van der Waals surface area contributed by atoms with Crippen LogP contribution >= 0.6 is 0 Å². The molecule has 1 amide bonds. The Kier molecular flexibility index (Phi) is 5.40. The number of sulfone groups is 1. The summed E-state index contributed by atoms with van der Waals surface area (Å²) in [6, 6.07) is 11.3. The minimum absolute atomic E-state index is 0.00780. The number of nitrogens with two attached hydrogens (primary N) is 1. The lowest BCUT2D eigenvalue weighted by Crippen LogP contribution is -2.26. The summed E-state index contributed by atoms with van der Waals surface area (Å²) in [6.45, 7) is 1.27. The number of carbonyl (C=O) groups excluding carboxylic acids is 1. The van der Waals surface area contributed by atoms with Gasteiger partial charge in [-0.25, -0.2) is 8.42 Å². The summed E-state index contributed by atoms with van der Waals surface area (Å²) in [5, 5.41) is 0.719. The van der Waals surface area contributed by atoms with Crippen LogP contribution in [0.15, 0.2) is 47.4 Å². The number of aromatic amines is 1. The molecule has 0 bridgehead atoms. The van der Waals surface area contributed by atoms with Crippen LogP contribution in [0.5, 0.6) is 17.2 Å². The second-order valence-corrected chi connectivity index (χ2v) is 9.22. The molecule has 9 heteroatoms. The zero-order chi connectivity index (χ0) is 21.3. The van der Waals surface area contributed by atoms with Crippen LogP contribution in [0.4, 0.5) is 0 Å². The molecule has 3 aromatic rings. The van der Waals surface area contributed by atoms with Crippen LogP contribution in [0.25, 0.3) is 10.9 Å². The first-order valence-corrected chi connectivity index (χ1v) is 11.4. The Labute approximate surface area is 173 Å². The van der Waals surface area contributed by atoms with Gasteiger partial charge in [0.1, 0.15) is 29.0 Å². The van der Waals surface area contributed by atoms with E-state index in [4.69, 9.17) is 19.9 Å². The van der Waals surface area contributed by atoms with Gasteiger partial charge in [0.2, 0.25) is 0 Å². The lowest BCUT2D eigenvalue weighted by Gasteiger charge is -2.24. The smallest absolute Gasteiger partial charge is 0.265 e. The number of benzene rings is 2. The van der Waals surface area contributed by atoms with E-state index in [0.717, 1.165) is 24.5 Å². The Morgan fingerprint density at radius 1 is 1.10 bits per heavy atom. The Morgan fingerprint density at radius 3 is 2.43 bits per heavy atom. The monoisotopic (exact) mass is 430 g/mol. The highest BCUT2D eigenvalue weighted by atomic mass is 32.2. The number of rotatable bonds is 6. The van der Waals surface area contributed by atoms with E-state index in [0.29, 0.717) is 36.0 Å². The van der Waals surface area contributed by atoms with Gasteiger partial charge in [-0.3, -0.25) is 4.79 Å². The van der Waals surface area contributed by atoms with Gasteiger partial charge in [0.25, 0.3) is 5.91 Å². The molecule has 158 valence electrons. The Hall–Kier alpha value is -3.04.